The predicted molar refractivity (Wildman–Crippen MR) is 120 cm³/mol. The minimum absolute atomic E-state index is 0.0753. The average molecular weight is 494 g/mol. The lowest BCUT2D eigenvalue weighted by molar-refractivity contribution is -0.0455. The smallest absolute Gasteiger partial charge is 0.420 e. The number of esters is 1. The first kappa shape index (κ1) is 23.1. The maximum absolute atomic E-state index is 12.4. The summed E-state index contributed by atoms with van der Waals surface area (Å²) in [5, 5.41) is 0.678. The van der Waals surface area contributed by atoms with E-state index < -0.39 is 29.9 Å². The number of hydrogen-bond acceptors (Lipinski definition) is 7. The molecular formula is C22H21Cl2N3O6. The zero-order valence-electron chi connectivity index (χ0n) is 18.1. The van der Waals surface area contributed by atoms with E-state index in [0.29, 0.717) is 16.3 Å². The van der Waals surface area contributed by atoms with Crippen LogP contribution in [0, 0.1) is 0 Å². The Morgan fingerprint density at radius 1 is 1.18 bits per heavy atom. The number of halogens is 2. The Morgan fingerprint density at radius 2 is 1.91 bits per heavy atom. The summed E-state index contributed by atoms with van der Waals surface area (Å²) in [5.74, 6) is -0.350. The lowest BCUT2D eigenvalue weighted by Crippen LogP contribution is -2.56. The van der Waals surface area contributed by atoms with E-state index in [1.165, 1.54) is 28.1 Å². The molecule has 0 bridgehead atoms. The number of anilines is 1. The predicted octanol–water partition coefficient (Wildman–Crippen LogP) is 4.68. The van der Waals surface area contributed by atoms with Crippen LogP contribution in [0.25, 0.3) is 0 Å². The van der Waals surface area contributed by atoms with Gasteiger partial charge in [-0.3, -0.25) is 4.90 Å². The number of pyridine rings is 1. The highest BCUT2D eigenvalue weighted by Gasteiger charge is 2.36. The molecule has 4 rings (SSSR count). The van der Waals surface area contributed by atoms with Crippen molar-refractivity contribution in [1.82, 2.24) is 9.88 Å². The highest BCUT2D eigenvalue weighted by Crippen LogP contribution is 2.37. The fourth-order valence-corrected chi connectivity index (χ4v) is 3.86. The van der Waals surface area contributed by atoms with Gasteiger partial charge in [-0.15, -0.1) is 0 Å². The maximum atomic E-state index is 12.4. The van der Waals surface area contributed by atoms with Crippen molar-refractivity contribution in [2.24, 2.45) is 0 Å². The molecule has 2 amide bonds. The number of hydrogen-bond donors (Lipinski definition) is 0. The molecule has 0 atom stereocenters. The van der Waals surface area contributed by atoms with Crippen LogP contribution in [0.2, 0.25) is 10.0 Å². The Hall–Kier alpha value is -3.04. The van der Waals surface area contributed by atoms with Crippen LogP contribution < -0.4 is 9.64 Å². The number of rotatable bonds is 3. The third kappa shape index (κ3) is 5.15. The number of fused-ring (bicyclic) bond motifs is 1. The molecule has 11 heteroatoms. The van der Waals surface area contributed by atoms with Gasteiger partial charge in [-0.05, 0) is 45.0 Å². The highest BCUT2D eigenvalue weighted by atomic mass is 35.5. The summed E-state index contributed by atoms with van der Waals surface area (Å²) in [4.78, 5) is 43.7. The van der Waals surface area contributed by atoms with Crippen LogP contribution in [-0.2, 0) is 16.0 Å². The summed E-state index contributed by atoms with van der Waals surface area (Å²) in [5.41, 5.74) is 0.561. The number of aromatic nitrogens is 1. The normalized spacial score (nSPS) is 16.0. The molecule has 0 spiro atoms. The van der Waals surface area contributed by atoms with E-state index in [0.717, 1.165) is 0 Å². The van der Waals surface area contributed by atoms with Gasteiger partial charge in [0.05, 0.1) is 36.5 Å². The second-order valence-electron chi connectivity index (χ2n) is 8.64. The van der Waals surface area contributed by atoms with E-state index in [1.807, 2.05) is 0 Å². The van der Waals surface area contributed by atoms with Gasteiger partial charge < -0.3 is 19.1 Å². The van der Waals surface area contributed by atoms with Gasteiger partial charge in [0.1, 0.15) is 17.4 Å². The van der Waals surface area contributed by atoms with Gasteiger partial charge in [-0.1, -0.05) is 23.2 Å². The number of benzene rings is 1. The maximum Gasteiger partial charge on any atom is 0.420 e. The standard InChI is InChI=1S/C22H21Cl2N3O6/c1-22(2,3)33-20(29)26-10-15(11-26)31-19(28)17-5-4-14(8-25-17)27-9-12-6-13(23)7-16(24)18(12)32-21(27)30/h4-8,15H,9-11H2,1-3H3. The van der Waals surface area contributed by atoms with Crippen LogP contribution in [0.3, 0.4) is 0 Å². The number of nitrogens with zero attached hydrogens (tertiary/aromatic N) is 3. The van der Waals surface area contributed by atoms with Crippen LogP contribution in [0.15, 0.2) is 30.5 Å². The summed E-state index contributed by atoms with van der Waals surface area (Å²) < 4.78 is 16.0. The van der Waals surface area contributed by atoms with Crippen LogP contribution in [0.4, 0.5) is 15.3 Å². The molecule has 0 N–H and O–H groups in total. The number of carbonyl (C=O) groups excluding carboxylic acids is 3. The van der Waals surface area contributed by atoms with Crippen LogP contribution in [0.5, 0.6) is 5.75 Å². The largest absolute Gasteiger partial charge is 0.454 e. The molecule has 33 heavy (non-hydrogen) atoms. The quantitative estimate of drug-likeness (QED) is 0.572. The first-order valence-electron chi connectivity index (χ1n) is 10.1. The molecule has 2 aliphatic rings. The zero-order chi connectivity index (χ0) is 23.9. The molecule has 3 heterocycles. The number of carbonyl (C=O) groups is 3. The summed E-state index contributed by atoms with van der Waals surface area (Å²) in [6, 6.07) is 6.19. The van der Waals surface area contributed by atoms with E-state index >= 15 is 0 Å². The SMILES string of the molecule is CC(C)(C)OC(=O)N1CC(OC(=O)c2ccc(N3Cc4cc(Cl)cc(Cl)c4OC3=O)cn2)C1. The van der Waals surface area contributed by atoms with Gasteiger partial charge in [0, 0.05) is 10.6 Å². The van der Waals surface area contributed by atoms with Crippen molar-refractivity contribution in [3.05, 3.63) is 51.8 Å². The first-order valence-corrected chi connectivity index (χ1v) is 10.9. The number of amides is 2. The van der Waals surface area contributed by atoms with Crippen LogP contribution >= 0.6 is 23.2 Å². The zero-order valence-corrected chi connectivity index (χ0v) is 19.6. The van der Waals surface area contributed by atoms with Gasteiger partial charge in [-0.2, -0.15) is 0 Å². The fourth-order valence-electron chi connectivity index (χ4n) is 3.29. The van der Waals surface area contributed by atoms with Gasteiger partial charge in [0.15, 0.2) is 5.75 Å². The van der Waals surface area contributed by atoms with Crippen molar-refractivity contribution >= 4 is 47.0 Å². The Labute approximate surface area is 200 Å². The minimum atomic E-state index is -0.625. The Morgan fingerprint density at radius 3 is 2.55 bits per heavy atom. The minimum Gasteiger partial charge on any atom is -0.454 e. The molecule has 2 aromatic rings. The monoisotopic (exact) mass is 493 g/mol. The lowest BCUT2D eigenvalue weighted by Gasteiger charge is -2.38. The molecule has 1 fully saturated rings. The molecular weight excluding hydrogens is 473 g/mol. The molecule has 0 unspecified atom stereocenters. The summed E-state index contributed by atoms with van der Waals surface area (Å²) >= 11 is 12.1. The van der Waals surface area contributed by atoms with Crippen molar-refractivity contribution < 1.29 is 28.6 Å². The van der Waals surface area contributed by atoms with E-state index in [9.17, 15) is 14.4 Å². The van der Waals surface area contributed by atoms with E-state index in [1.54, 1.807) is 32.9 Å². The van der Waals surface area contributed by atoms with Crippen LogP contribution in [-0.4, -0.2) is 52.8 Å². The van der Waals surface area contributed by atoms with Gasteiger partial charge in [0.25, 0.3) is 0 Å². The van der Waals surface area contributed by atoms with E-state index in [2.05, 4.69) is 4.98 Å². The van der Waals surface area contributed by atoms with Crippen molar-refractivity contribution in [3.8, 4) is 5.75 Å². The molecule has 174 valence electrons. The van der Waals surface area contributed by atoms with Crippen molar-refractivity contribution in [2.45, 2.75) is 39.0 Å². The van der Waals surface area contributed by atoms with Crippen molar-refractivity contribution in [2.75, 3.05) is 18.0 Å². The second kappa shape index (κ2) is 8.72. The van der Waals surface area contributed by atoms with Gasteiger partial charge >= 0.3 is 18.2 Å². The Bertz CT molecular complexity index is 1110. The highest BCUT2D eigenvalue weighted by molar-refractivity contribution is 6.35. The van der Waals surface area contributed by atoms with Gasteiger partial charge in [0.2, 0.25) is 0 Å². The molecule has 2 aliphatic heterocycles. The second-order valence-corrected chi connectivity index (χ2v) is 9.49. The summed E-state index contributed by atoms with van der Waals surface area (Å²) in [6.07, 6.45) is -0.132. The topological polar surface area (TPSA) is 98.3 Å². The lowest BCUT2D eigenvalue weighted by atomic mass is 10.1. The molecule has 9 nitrogen and oxygen atoms in total. The molecule has 1 saturated heterocycles. The van der Waals surface area contributed by atoms with E-state index in [-0.39, 0.29) is 36.1 Å². The molecule has 1 aromatic heterocycles. The Kier molecular flexibility index (Phi) is 6.11. The van der Waals surface area contributed by atoms with E-state index in [4.69, 9.17) is 37.4 Å². The summed E-state index contributed by atoms with van der Waals surface area (Å²) in [6.45, 7) is 6.03. The van der Waals surface area contributed by atoms with Gasteiger partial charge in [-0.25, -0.2) is 19.4 Å². The van der Waals surface area contributed by atoms with Crippen LogP contribution in [0.1, 0.15) is 36.8 Å². The molecule has 1 aromatic carbocycles. The third-order valence-electron chi connectivity index (χ3n) is 4.87. The number of ether oxygens (including phenoxy) is 3. The molecule has 0 saturated carbocycles. The Balaban J connectivity index is 1.35. The fraction of sp³-hybridized carbons (Fsp3) is 0.364. The number of likely N-dealkylation sites (tertiary alicyclic amines) is 1. The third-order valence-corrected chi connectivity index (χ3v) is 5.36. The molecule has 0 aliphatic carbocycles. The van der Waals surface area contributed by atoms with Crippen molar-refractivity contribution in [3.63, 3.8) is 0 Å². The molecule has 0 radical (unpaired) electrons. The van der Waals surface area contributed by atoms with Crippen molar-refractivity contribution in [1.29, 1.82) is 0 Å². The average Bonchev–Trinajstić information content (AvgIpc) is 2.69. The first-order chi connectivity index (χ1) is 15.5. The summed E-state index contributed by atoms with van der Waals surface area (Å²) in [7, 11) is 0.